The Morgan fingerprint density at radius 1 is 1.32 bits per heavy atom. The Hall–Kier alpha value is -2.25. The highest BCUT2D eigenvalue weighted by Crippen LogP contribution is 2.32. The maximum atomic E-state index is 12.9. The summed E-state index contributed by atoms with van der Waals surface area (Å²) in [6, 6.07) is 7.84. The first kappa shape index (κ1) is 17.6. The van der Waals surface area contributed by atoms with E-state index in [1.807, 2.05) is 40.8 Å². The van der Waals surface area contributed by atoms with Crippen LogP contribution < -0.4 is 0 Å². The second kappa shape index (κ2) is 7.76. The summed E-state index contributed by atoms with van der Waals surface area (Å²) in [5.74, 6) is 0.864. The highest BCUT2D eigenvalue weighted by Gasteiger charge is 2.38. The largest absolute Gasteiger partial charge is 0.380 e. The Kier molecular flexibility index (Phi) is 5.45. The Morgan fingerprint density at radius 2 is 2.12 bits per heavy atom. The van der Waals surface area contributed by atoms with Crippen molar-refractivity contribution in [1.82, 2.24) is 19.7 Å². The number of ether oxygens (including phenoxy) is 2. The first-order valence-corrected chi connectivity index (χ1v) is 8.35. The second-order valence-electron chi connectivity index (χ2n) is 6.39. The second-order valence-corrected chi connectivity index (χ2v) is 6.39. The minimum absolute atomic E-state index is 0.0190. The molecule has 0 unspecified atom stereocenters. The number of aromatic nitrogens is 3. The number of rotatable bonds is 6. The third-order valence-corrected chi connectivity index (χ3v) is 4.62. The molecule has 3 rings (SSSR count). The van der Waals surface area contributed by atoms with E-state index in [0.29, 0.717) is 19.6 Å². The standard InChI is InChI=1S/C18H24N4O3/c1-21-12-19-20-18(21)16-9-15(25-3)10-22(16)17(23)8-13-5-4-6-14(7-13)11-24-2/h4-7,12,15-16H,8-11H2,1-3H3/t15-,16+/m1/s1. The number of hydrogen-bond acceptors (Lipinski definition) is 5. The lowest BCUT2D eigenvalue weighted by Gasteiger charge is -2.23. The average Bonchev–Trinajstić information content (AvgIpc) is 3.21. The molecular formula is C18H24N4O3. The monoisotopic (exact) mass is 344 g/mol. The quantitative estimate of drug-likeness (QED) is 0.794. The van der Waals surface area contributed by atoms with Gasteiger partial charge in [-0.3, -0.25) is 4.79 Å². The van der Waals surface area contributed by atoms with Crippen LogP contribution >= 0.6 is 0 Å². The van der Waals surface area contributed by atoms with E-state index >= 15 is 0 Å². The number of carbonyl (C=O) groups is 1. The summed E-state index contributed by atoms with van der Waals surface area (Å²) < 4.78 is 12.5. The van der Waals surface area contributed by atoms with Crippen molar-refractivity contribution in [3.63, 3.8) is 0 Å². The molecule has 1 aliphatic rings. The molecule has 1 aromatic heterocycles. The maximum Gasteiger partial charge on any atom is 0.227 e. The first-order chi connectivity index (χ1) is 12.1. The molecule has 134 valence electrons. The van der Waals surface area contributed by atoms with Crippen molar-refractivity contribution >= 4 is 5.91 Å². The molecule has 25 heavy (non-hydrogen) atoms. The van der Waals surface area contributed by atoms with Crippen molar-refractivity contribution in [1.29, 1.82) is 0 Å². The number of carbonyl (C=O) groups excluding carboxylic acids is 1. The van der Waals surface area contributed by atoms with Crippen molar-refractivity contribution in [2.45, 2.75) is 31.6 Å². The Balaban J connectivity index is 1.77. The molecule has 1 amide bonds. The van der Waals surface area contributed by atoms with Crippen molar-refractivity contribution < 1.29 is 14.3 Å². The molecule has 0 aliphatic carbocycles. The van der Waals surface area contributed by atoms with Crippen molar-refractivity contribution in [2.75, 3.05) is 20.8 Å². The third kappa shape index (κ3) is 3.88. The summed E-state index contributed by atoms with van der Waals surface area (Å²) in [5.41, 5.74) is 2.05. The van der Waals surface area contributed by atoms with Crippen LogP contribution in [0.25, 0.3) is 0 Å². The van der Waals surface area contributed by atoms with Gasteiger partial charge in [0.1, 0.15) is 6.33 Å². The van der Waals surface area contributed by atoms with Crippen LogP contribution in [0.15, 0.2) is 30.6 Å². The average molecular weight is 344 g/mol. The molecule has 1 saturated heterocycles. The molecule has 0 radical (unpaired) electrons. The molecule has 1 fully saturated rings. The zero-order valence-corrected chi connectivity index (χ0v) is 14.9. The SMILES string of the molecule is COCc1cccc(CC(=O)N2C[C@H](OC)C[C@H]2c2nncn2C)c1. The number of hydrogen-bond donors (Lipinski definition) is 0. The van der Waals surface area contributed by atoms with E-state index in [-0.39, 0.29) is 18.1 Å². The lowest BCUT2D eigenvalue weighted by atomic mass is 10.1. The molecule has 2 heterocycles. The molecule has 2 aromatic rings. The summed E-state index contributed by atoms with van der Waals surface area (Å²) in [4.78, 5) is 14.8. The summed E-state index contributed by atoms with van der Waals surface area (Å²) in [6.07, 6.45) is 2.76. The predicted octanol–water partition coefficient (Wildman–Crippen LogP) is 1.49. The van der Waals surface area contributed by atoms with Gasteiger partial charge < -0.3 is 18.9 Å². The van der Waals surface area contributed by atoms with Crippen LogP contribution in [0.1, 0.15) is 29.4 Å². The Labute approximate surface area is 147 Å². The van der Waals surface area contributed by atoms with Gasteiger partial charge in [0.25, 0.3) is 0 Å². The van der Waals surface area contributed by atoms with Crippen molar-refractivity contribution in [3.8, 4) is 0 Å². The molecule has 7 heteroatoms. The Bertz CT molecular complexity index is 731. The third-order valence-electron chi connectivity index (χ3n) is 4.62. The molecule has 0 saturated carbocycles. The smallest absolute Gasteiger partial charge is 0.227 e. The number of methoxy groups -OCH3 is 2. The van der Waals surface area contributed by atoms with Crippen molar-refractivity contribution in [3.05, 3.63) is 47.5 Å². The van der Waals surface area contributed by atoms with E-state index in [1.165, 1.54) is 0 Å². The van der Waals surface area contributed by atoms with E-state index in [0.717, 1.165) is 23.4 Å². The zero-order chi connectivity index (χ0) is 17.8. The maximum absolute atomic E-state index is 12.9. The van der Waals surface area contributed by atoms with Crippen LogP contribution in [0.5, 0.6) is 0 Å². The number of likely N-dealkylation sites (tertiary alicyclic amines) is 1. The fourth-order valence-corrected chi connectivity index (χ4v) is 3.35. The van der Waals surface area contributed by atoms with Gasteiger partial charge in [-0.15, -0.1) is 10.2 Å². The lowest BCUT2D eigenvalue weighted by molar-refractivity contribution is -0.131. The number of aryl methyl sites for hydroxylation is 1. The normalized spacial score (nSPS) is 20.2. The van der Waals surface area contributed by atoms with Crippen LogP contribution in [0.2, 0.25) is 0 Å². The summed E-state index contributed by atoms with van der Waals surface area (Å²) in [5, 5.41) is 8.14. The molecule has 0 spiro atoms. The van der Waals surface area contributed by atoms with Gasteiger partial charge in [0.05, 0.1) is 25.2 Å². The number of nitrogens with zero attached hydrogens (tertiary/aromatic N) is 4. The van der Waals surface area contributed by atoms with Gasteiger partial charge in [-0.05, 0) is 11.1 Å². The lowest BCUT2D eigenvalue weighted by Crippen LogP contribution is -2.34. The summed E-state index contributed by atoms with van der Waals surface area (Å²) in [7, 11) is 5.24. The fourth-order valence-electron chi connectivity index (χ4n) is 3.35. The van der Waals surface area contributed by atoms with Crippen LogP contribution in [0.3, 0.4) is 0 Å². The molecule has 2 atom stereocenters. The highest BCUT2D eigenvalue weighted by molar-refractivity contribution is 5.79. The fraction of sp³-hybridized carbons (Fsp3) is 0.500. The summed E-state index contributed by atoms with van der Waals surface area (Å²) in [6.45, 7) is 1.11. The van der Waals surface area contributed by atoms with Gasteiger partial charge in [0.15, 0.2) is 5.82 Å². The molecule has 7 nitrogen and oxygen atoms in total. The van der Waals surface area contributed by atoms with Gasteiger partial charge in [-0.1, -0.05) is 24.3 Å². The Morgan fingerprint density at radius 3 is 2.80 bits per heavy atom. The molecular weight excluding hydrogens is 320 g/mol. The zero-order valence-electron chi connectivity index (χ0n) is 14.9. The molecule has 1 aliphatic heterocycles. The van der Waals surface area contributed by atoms with E-state index in [1.54, 1.807) is 20.5 Å². The van der Waals surface area contributed by atoms with Crippen LogP contribution in [0, 0.1) is 0 Å². The van der Waals surface area contributed by atoms with E-state index in [4.69, 9.17) is 9.47 Å². The predicted molar refractivity (Wildman–Crippen MR) is 91.7 cm³/mol. The van der Waals surface area contributed by atoms with Crippen LogP contribution in [-0.2, 0) is 34.3 Å². The van der Waals surface area contributed by atoms with E-state index < -0.39 is 0 Å². The molecule has 0 bridgehead atoms. The van der Waals surface area contributed by atoms with E-state index in [2.05, 4.69) is 10.2 Å². The topological polar surface area (TPSA) is 69.5 Å². The van der Waals surface area contributed by atoms with Crippen LogP contribution in [0.4, 0.5) is 0 Å². The molecule has 0 N–H and O–H groups in total. The minimum atomic E-state index is -0.105. The van der Waals surface area contributed by atoms with Crippen LogP contribution in [-0.4, -0.2) is 52.4 Å². The van der Waals surface area contributed by atoms with Gasteiger partial charge in [0, 0.05) is 34.2 Å². The van der Waals surface area contributed by atoms with Gasteiger partial charge in [-0.2, -0.15) is 0 Å². The number of benzene rings is 1. The minimum Gasteiger partial charge on any atom is -0.380 e. The van der Waals surface area contributed by atoms with Gasteiger partial charge >= 0.3 is 0 Å². The van der Waals surface area contributed by atoms with E-state index in [9.17, 15) is 4.79 Å². The highest BCUT2D eigenvalue weighted by atomic mass is 16.5. The first-order valence-electron chi connectivity index (χ1n) is 8.35. The van der Waals surface area contributed by atoms with Gasteiger partial charge in [0.2, 0.25) is 5.91 Å². The van der Waals surface area contributed by atoms with Crippen molar-refractivity contribution in [2.24, 2.45) is 7.05 Å². The molecule has 1 aromatic carbocycles. The van der Waals surface area contributed by atoms with Gasteiger partial charge in [-0.25, -0.2) is 0 Å². The summed E-state index contributed by atoms with van der Waals surface area (Å²) >= 11 is 0. The number of amides is 1.